The van der Waals surface area contributed by atoms with Crippen molar-refractivity contribution < 1.29 is 9.53 Å². The minimum absolute atomic E-state index is 0.123. The molecule has 1 amide bonds. The molecule has 132 valence electrons. The number of rotatable bonds is 5. The number of aromatic nitrogens is 1. The summed E-state index contributed by atoms with van der Waals surface area (Å²) in [6.45, 7) is 4.08. The highest BCUT2D eigenvalue weighted by Crippen LogP contribution is 2.35. The average Bonchev–Trinajstić information content (AvgIpc) is 2.93. The summed E-state index contributed by atoms with van der Waals surface area (Å²) < 4.78 is 5.23. The van der Waals surface area contributed by atoms with E-state index >= 15 is 0 Å². The maximum atomic E-state index is 12.8. The van der Waals surface area contributed by atoms with Gasteiger partial charge in [0.2, 0.25) is 0 Å². The lowest BCUT2D eigenvalue weighted by atomic mass is 10.2. The first kappa shape index (κ1) is 18.2. The zero-order chi connectivity index (χ0) is 18.5. The SMILES string of the molecule is C=CCN1C(=O)/C(=C/c2cccc(OC)c2)SC1=Nc1ccncc1Cl. The standard InChI is InChI=1S/C19H16ClN3O2S/c1-3-9-23-18(24)17(11-13-5-4-6-14(10-13)25-2)26-19(23)22-16-7-8-21-12-15(16)20/h3-8,10-12H,1,9H2,2H3/b17-11-,22-19?. The number of thioether (sulfide) groups is 1. The van der Waals surface area contributed by atoms with Crippen LogP contribution < -0.4 is 4.74 Å². The smallest absolute Gasteiger partial charge is 0.267 e. The van der Waals surface area contributed by atoms with Crippen LogP contribution >= 0.6 is 23.4 Å². The molecule has 0 aliphatic carbocycles. The summed E-state index contributed by atoms with van der Waals surface area (Å²) in [6, 6.07) is 9.22. The highest BCUT2D eigenvalue weighted by Gasteiger charge is 2.32. The Morgan fingerprint density at radius 1 is 1.42 bits per heavy atom. The number of amides is 1. The van der Waals surface area contributed by atoms with Crippen LogP contribution in [0.3, 0.4) is 0 Å². The molecule has 3 rings (SSSR count). The molecule has 0 bridgehead atoms. The van der Waals surface area contributed by atoms with Gasteiger partial charge in [0.05, 0.1) is 22.7 Å². The Morgan fingerprint density at radius 2 is 2.27 bits per heavy atom. The largest absolute Gasteiger partial charge is 0.497 e. The monoisotopic (exact) mass is 385 g/mol. The van der Waals surface area contributed by atoms with Gasteiger partial charge in [-0.25, -0.2) is 4.99 Å². The first-order valence-electron chi connectivity index (χ1n) is 7.77. The number of benzene rings is 1. The molecular weight excluding hydrogens is 370 g/mol. The van der Waals surface area contributed by atoms with E-state index in [2.05, 4.69) is 16.6 Å². The number of hydrogen-bond donors (Lipinski definition) is 0. The molecule has 0 radical (unpaired) electrons. The molecule has 1 aliphatic rings. The van der Waals surface area contributed by atoms with Crippen LogP contribution in [-0.2, 0) is 4.79 Å². The van der Waals surface area contributed by atoms with E-state index in [0.29, 0.717) is 27.3 Å². The molecule has 2 aromatic rings. The van der Waals surface area contributed by atoms with Gasteiger partial charge < -0.3 is 4.74 Å². The number of hydrogen-bond acceptors (Lipinski definition) is 5. The molecule has 1 aromatic carbocycles. The average molecular weight is 386 g/mol. The highest BCUT2D eigenvalue weighted by molar-refractivity contribution is 8.18. The molecule has 0 unspecified atom stereocenters. The number of ether oxygens (including phenoxy) is 1. The molecule has 26 heavy (non-hydrogen) atoms. The summed E-state index contributed by atoms with van der Waals surface area (Å²) in [5, 5.41) is 0.981. The summed E-state index contributed by atoms with van der Waals surface area (Å²) in [4.78, 5) is 23.4. The van der Waals surface area contributed by atoms with Crippen LogP contribution in [0.25, 0.3) is 6.08 Å². The highest BCUT2D eigenvalue weighted by atomic mass is 35.5. The molecule has 7 heteroatoms. The summed E-state index contributed by atoms with van der Waals surface area (Å²) in [6.07, 6.45) is 6.61. The number of amidine groups is 1. The second-order valence-electron chi connectivity index (χ2n) is 5.31. The normalized spacial score (nSPS) is 17.2. The van der Waals surface area contributed by atoms with Crippen molar-refractivity contribution in [2.45, 2.75) is 0 Å². The summed E-state index contributed by atoms with van der Waals surface area (Å²) in [7, 11) is 1.61. The minimum atomic E-state index is -0.123. The van der Waals surface area contributed by atoms with Crippen LogP contribution in [0.5, 0.6) is 5.75 Å². The van der Waals surface area contributed by atoms with Crippen molar-refractivity contribution in [2.75, 3.05) is 13.7 Å². The summed E-state index contributed by atoms with van der Waals surface area (Å²) >= 11 is 7.43. The fourth-order valence-electron chi connectivity index (χ4n) is 2.33. The summed E-state index contributed by atoms with van der Waals surface area (Å²) in [5.41, 5.74) is 1.44. The predicted molar refractivity (Wildman–Crippen MR) is 107 cm³/mol. The van der Waals surface area contributed by atoms with Gasteiger partial charge in [-0.15, -0.1) is 6.58 Å². The maximum absolute atomic E-state index is 12.8. The van der Waals surface area contributed by atoms with Crippen molar-refractivity contribution in [3.05, 3.63) is 70.9 Å². The van der Waals surface area contributed by atoms with Crippen molar-refractivity contribution in [2.24, 2.45) is 4.99 Å². The Balaban J connectivity index is 1.97. The van der Waals surface area contributed by atoms with Crippen molar-refractivity contribution in [3.63, 3.8) is 0 Å². The second-order valence-corrected chi connectivity index (χ2v) is 6.73. The number of pyridine rings is 1. The van der Waals surface area contributed by atoms with Crippen molar-refractivity contribution in [1.82, 2.24) is 9.88 Å². The minimum Gasteiger partial charge on any atom is -0.497 e. The Kier molecular flexibility index (Phi) is 5.75. The van der Waals surface area contributed by atoms with E-state index in [0.717, 1.165) is 11.3 Å². The molecule has 0 saturated carbocycles. The second kappa shape index (κ2) is 8.21. The van der Waals surface area contributed by atoms with Crippen LogP contribution in [-0.4, -0.2) is 34.6 Å². The van der Waals surface area contributed by atoms with E-state index in [4.69, 9.17) is 16.3 Å². The van der Waals surface area contributed by atoms with Crippen LogP contribution in [0.15, 0.2) is 65.3 Å². The first-order valence-corrected chi connectivity index (χ1v) is 8.96. The Labute approximate surface area is 161 Å². The van der Waals surface area contributed by atoms with E-state index in [9.17, 15) is 4.79 Å². The van der Waals surface area contributed by atoms with Crippen molar-refractivity contribution in [3.8, 4) is 5.75 Å². The van der Waals surface area contributed by atoms with Crippen LogP contribution in [0.2, 0.25) is 5.02 Å². The maximum Gasteiger partial charge on any atom is 0.267 e. The molecule has 0 atom stereocenters. The van der Waals surface area contributed by atoms with Gasteiger partial charge in [0, 0.05) is 18.9 Å². The van der Waals surface area contributed by atoms with Gasteiger partial charge in [-0.05, 0) is 41.6 Å². The number of halogens is 1. The van der Waals surface area contributed by atoms with Gasteiger partial charge in [-0.2, -0.15) is 0 Å². The number of methoxy groups -OCH3 is 1. The van der Waals surface area contributed by atoms with Crippen molar-refractivity contribution in [1.29, 1.82) is 0 Å². The van der Waals surface area contributed by atoms with Gasteiger partial charge in [-0.3, -0.25) is 14.7 Å². The molecule has 0 spiro atoms. The quantitative estimate of drug-likeness (QED) is 0.560. The van der Waals surface area contributed by atoms with E-state index < -0.39 is 0 Å². The molecule has 1 aliphatic heterocycles. The van der Waals surface area contributed by atoms with Gasteiger partial charge in [0.25, 0.3) is 5.91 Å². The molecule has 1 aromatic heterocycles. The number of carbonyl (C=O) groups is 1. The van der Waals surface area contributed by atoms with E-state index in [1.54, 1.807) is 30.3 Å². The van der Waals surface area contributed by atoms with Gasteiger partial charge >= 0.3 is 0 Å². The molecule has 5 nitrogen and oxygen atoms in total. The summed E-state index contributed by atoms with van der Waals surface area (Å²) in [5.74, 6) is 0.608. The predicted octanol–water partition coefficient (Wildman–Crippen LogP) is 4.53. The van der Waals surface area contributed by atoms with Gasteiger partial charge in [0.1, 0.15) is 5.75 Å². The lowest BCUT2D eigenvalue weighted by Gasteiger charge is -2.12. The van der Waals surface area contributed by atoms with Gasteiger partial charge in [-0.1, -0.05) is 29.8 Å². The van der Waals surface area contributed by atoms with Crippen LogP contribution in [0, 0.1) is 0 Å². The third-order valence-corrected chi connectivity index (χ3v) is 4.86. The fourth-order valence-corrected chi connectivity index (χ4v) is 3.49. The number of nitrogens with zero attached hydrogens (tertiary/aromatic N) is 3. The van der Waals surface area contributed by atoms with E-state index in [1.807, 2.05) is 30.3 Å². The lowest BCUT2D eigenvalue weighted by molar-refractivity contribution is -0.121. The van der Waals surface area contributed by atoms with Gasteiger partial charge in [0.15, 0.2) is 5.17 Å². The zero-order valence-electron chi connectivity index (χ0n) is 14.1. The molecule has 1 saturated heterocycles. The fraction of sp³-hybridized carbons (Fsp3) is 0.105. The van der Waals surface area contributed by atoms with Crippen LogP contribution in [0.1, 0.15) is 5.56 Å². The number of carbonyl (C=O) groups excluding carboxylic acids is 1. The first-order chi connectivity index (χ1) is 12.6. The molecular formula is C19H16ClN3O2S. The Bertz CT molecular complexity index is 911. The molecule has 0 N–H and O–H groups in total. The van der Waals surface area contributed by atoms with Crippen molar-refractivity contribution >= 4 is 46.2 Å². The molecule has 2 heterocycles. The Morgan fingerprint density at radius 3 is 3.00 bits per heavy atom. The van der Waals surface area contributed by atoms with Crippen LogP contribution in [0.4, 0.5) is 5.69 Å². The zero-order valence-corrected chi connectivity index (χ0v) is 15.6. The molecule has 1 fully saturated rings. The topological polar surface area (TPSA) is 54.8 Å². The van der Waals surface area contributed by atoms with E-state index in [1.165, 1.54) is 18.0 Å². The van der Waals surface area contributed by atoms with E-state index in [-0.39, 0.29) is 5.91 Å². The third kappa shape index (κ3) is 3.98. The number of aliphatic imine (C=N–C) groups is 1. The third-order valence-electron chi connectivity index (χ3n) is 3.56. The Hall–Kier alpha value is -2.57. The lowest BCUT2D eigenvalue weighted by Crippen LogP contribution is -2.29.